The number of hydrogen-bond donors (Lipinski definition) is 4. The smallest absolute Gasteiger partial charge is 0.315 e. The van der Waals surface area contributed by atoms with Crippen LogP contribution in [0.2, 0.25) is 0 Å². The number of rotatable bonds is 15. The number of allylic oxidation sites excluding steroid dienone is 1. The lowest BCUT2D eigenvalue weighted by atomic mass is 9.70. The summed E-state index contributed by atoms with van der Waals surface area (Å²) in [6, 6.07) is -4.27. The predicted octanol–water partition coefficient (Wildman–Crippen LogP) is 3.09. The SMILES string of the molecule is C=CC(C)(C)[C@H]1CCN(C(=O)[C@@H](NC(=O)N[C@H](CN(C)S(C)(=O)=O)C(C)(C)C)C2(C)CCCCC2)[C@@H]1C(=O)NC(CC1CCC1)C(=O)C(N)=O. The molecule has 1 saturated heterocycles. The van der Waals surface area contributed by atoms with Gasteiger partial charge in [-0.2, -0.15) is 0 Å². The summed E-state index contributed by atoms with van der Waals surface area (Å²) in [6.45, 7) is 15.9. The lowest BCUT2D eigenvalue weighted by Crippen LogP contribution is -2.63. The number of Topliss-reactive ketones (excluding diaryl/α,β-unsaturated/α-hetero) is 1. The molecular weight excluding hydrogens is 660 g/mol. The molecule has 0 aromatic heterocycles. The molecule has 14 heteroatoms. The van der Waals surface area contributed by atoms with Gasteiger partial charge in [-0.25, -0.2) is 17.5 Å². The van der Waals surface area contributed by atoms with E-state index < -0.39 is 80.0 Å². The Kier molecular flexibility index (Phi) is 13.4. The average molecular weight is 723 g/mol. The number of likely N-dealkylation sites (tertiary alicyclic amines) is 1. The summed E-state index contributed by atoms with van der Waals surface area (Å²) in [4.78, 5) is 69.4. The number of carbonyl (C=O) groups is 5. The minimum atomic E-state index is -3.52. The van der Waals surface area contributed by atoms with Crippen molar-refractivity contribution in [3.8, 4) is 0 Å². The second-order valence-corrected chi connectivity index (χ2v) is 19.0. The van der Waals surface area contributed by atoms with Gasteiger partial charge in [0.2, 0.25) is 27.6 Å². The van der Waals surface area contributed by atoms with E-state index in [0.717, 1.165) is 44.8 Å². The molecule has 0 aromatic rings. The average Bonchev–Trinajstić information content (AvgIpc) is 3.46. The Morgan fingerprint density at radius 2 is 1.58 bits per heavy atom. The summed E-state index contributed by atoms with van der Waals surface area (Å²) in [5, 5.41) is 8.75. The third-order valence-corrected chi connectivity index (χ3v) is 13.0. The summed E-state index contributed by atoms with van der Waals surface area (Å²) in [6.07, 6.45) is 10.6. The number of nitrogens with one attached hydrogen (secondary N) is 3. The quantitative estimate of drug-likeness (QED) is 0.148. The van der Waals surface area contributed by atoms with Gasteiger partial charge in [-0.1, -0.05) is 86.1 Å². The first-order chi connectivity index (χ1) is 23.0. The highest BCUT2D eigenvalue weighted by Crippen LogP contribution is 2.44. The minimum Gasteiger partial charge on any atom is -0.363 e. The van der Waals surface area contributed by atoms with Gasteiger partial charge in [-0.15, -0.1) is 6.58 Å². The fourth-order valence-corrected chi connectivity index (χ4v) is 8.04. The molecule has 3 fully saturated rings. The van der Waals surface area contributed by atoms with Crippen molar-refractivity contribution >= 4 is 39.6 Å². The molecule has 13 nitrogen and oxygen atoms in total. The van der Waals surface area contributed by atoms with Gasteiger partial charge in [0.1, 0.15) is 12.1 Å². The first-order valence-electron chi connectivity index (χ1n) is 18.1. The fraction of sp³-hybridized carbons (Fsp3) is 0.806. The summed E-state index contributed by atoms with van der Waals surface area (Å²) in [5.41, 5.74) is 3.68. The minimum absolute atomic E-state index is 0.0321. The van der Waals surface area contributed by atoms with Crippen LogP contribution in [0.4, 0.5) is 4.79 Å². The molecule has 1 aliphatic heterocycles. The number of amides is 5. The Morgan fingerprint density at radius 1 is 0.980 bits per heavy atom. The summed E-state index contributed by atoms with van der Waals surface area (Å²) >= 11 is 0. The maximum absolute atomic E-state index is 14.9. The van der Waals surface area contributed by atoms with E-state index in [1.807, 2.05) is 41.5 Å². The molecule has 0 radical (unpaired) electrons. The van der Waals surface area contributed by atoms with Gasteiger partial charge in [-0.05, 0) is 53.8 Å². The molecule has 3 aliphatic rings. The van der Waals surface area contributed by atoms with Crippen molar-refractivity contribution in [2.24, 2.45) is 33.8 Å². The standard InChI is InChI=1S/C36H62N6O7S/c1-10-35(5,6)24-17-20-42(27(24)31(45)38-25(28(43)30(37)44)21-23-15-14-16-23)32(46)29(36(7)18-12-11-13-19-36)40-33(47)39-26(34(2,3)4)22-41(8)50(9,48)49/h10,23-27,29H,1,11-22H2,2-9H3,(H2,37,44)(H,38,45)(H2,39,40,47)/t24-,25?,26+,27-,29+/m0/s1. The van der Waals surface area contributed by atoms with Crippen LogP contribution < -0.4 is 21.7 Å². The first-order valence-corrected chi connectivity index (χ1v) is 19.9. The van der Waals surface area contributed by atoms with Gasteiger partial charge in [0.15, 0.2) is 0 Å². The molecule has 50 heavy (non-hydrogen) atoms. The van der Waals surface area contributed by atoms with E-state index in [0.29, 0.717) is 25.7 Å². The lowest BCUT2D eigenvalue weighted by Gasteiger charge is -2.43. The largest absolute Gasteiger partial charge is 0.363 e. The topological polar surface area (TPSA) is 188 Å². The monoisotopic (exact) mass is 722 g/mol. The Morgan fingerprint density at radius 3 is 2.06 bits per heavy atom. The molecule has 0 bridgehead atoms. The number of sulfonamides is 1. The molecule has 1 heterocycles. The van der Waals surface area contributed by atoms with Crippen molar-refractivity contribution in [3.63, 3.8) is 0 Å². The predicted molar refractivity (Wildman–Crippen MR) is 193 cm³/mol. The molecule has 0 aromatic carbocycles. The molecule has 2 saturated carbocycles. The zero-order valence-electron chi connectivity index (χ0n) is 31.5. The van der Waals surface area contributed by atoms with Gasteiger partial charge in [-0.3, -0.25) is 19.2 Å². The molecule has 5 amide bonds. The van der Waals surface area contributed by atoms with Crippen LogP contribution in [-0.4, -0.2) is 97.7 Å². The van der Waals surface area contributed by atoms with Crippen LogP contribution in [0, 0.1) is 28.1 Å². The molecule has 1 unspecified atom stereocenters. The van der Waals surface area contributed by atoms with Crippen LogP contribution in [0.3, 0.4) is 0 Å². The van der Waals surface area contributed by atoms with Crippen molar-refractivity contribution in [2.45, 2.75) is 130 Å². The van der Waals surface area contributed by atoms with Crippen molar-refractivity contribution in [1.82, 2.24) is 25.2 Å². The van der Waals surface area contributed by atoms with Crippen LogP contribution in [0.5, 0.6) is 0 Å². The maximum atomic E-state index is 14.9. The Hall–Kier alpha value is -3.00. The maximum Gasteiger partial charge on any atom is 0.315 e. The number of nitrogens with two attached hydrogens (primary N) is 1. The van der Waals surface area contributed by atoms with Crippen LogP contribution in [-0.2, 0) is 29.2 Å². The van der Waals surface area contributed by atoms with Crippen molar-refractivity contribution in [1.29, 1.82) is 0 Å². The number of carbonyl (C=O) groups excluding carboxylic acids is 5. The highest BCUT2D eigenvalue weighted by atomic mass is 32.2. The van der Waals surface area contributed by atoms with E-state index >= 15 is 0 Å². The van der Waals surface area contributed by atoms with Crippen molar-refractivity contribution in [2.75, 3.05) is 26.4 Å². The van der Waals surface area contributed by atoms with Crippen LogP contribution in [0.25, 0.3) is 0 Å². The summed E-state index contributed by atoms with van der Waals surface area (Å²) in [5.74, 6) is -3.08. The summed E-state index contributed by atoms with van der Waals surface area (Å²) < 4.78 is 25.6. The molecule has 3 rings (SSSR count). The molecular formula is C36H62N6O7S. The molecule has 2 aliphatic carbocycles. The molecule has 0 spiro atoms. The zero-order chi connectivity index (χ0) is 37.8. The normalized spacial score (nSPS) is 23.3. The Bertz CT molecular complexity index is 1400. The van der Waals surface area contributed by atoms with Crippen LogP contribution in [0.1, 0.15) is 106 Å². The second-order valence-electron chi connectivity index (χ2n) is 16.9. The Labute approximate surface area is 299 Å². The van der Waals surface area contributed by atoms with Crippen molar-refractivity contribution < 1.29 is 32.4 Å². The molecule has 284 valence electrons. The number of hydrogen-bond acceptors (Lipinski definition) is 7. The van der Waals surface area contributed by atoms with Gasteiger partial charge in [0.25, 0.3) is 5.91 Å². The van der Waals surface area contributed by atoms with Gasteiger partial charge in [0.05, 0.1) is 12.3 Å². The van der Waals surface area contributed by atoms with E-state index in [1.54, 1.807) is 6.08 Å². The van der Waals surface area contributed by atoms with Crippen LogP contribution >= 0.6 is 0 Å². The highest BCUT2D eigenvalue weighted by Gasteiger charge is 2.52. The van der Waals surface area contributed by atoms with E-state index in [2.05, 4.69) is 22.5 Å². The van der Waals surface area contributed by atoms with Gasteiger partial charge in [0, 0.05) is 26.2 Å². The van der Waals surface area contributed by atoms with E-state index in [1.165, 1.54) is 16.3 Å². The third-order valence-electron chi connectivity index (χ3n) is 11.7. The zero-order valence-corrected chi connectivity index (χ0v) is 32.3. The van der Waals surface area contributed by atoms with E-state index in [4.69, 9.17) is 5.73 Å². The van der Waals surface area contributed by atoms with Crippen molar-refractivity contribution in [3.05, 3.63) is 12.7 Å². The summed E-state index contributed by atoms with van der Waals surface area (Å²) in [7, 11) is -2.06. The molecule has 5 atom stereocenters. The number of ketones is 1. The van der Waals surface area contributed by atoms with Gasteiger partial charge >= 0.3 is 6.03 Å². The first kappa shape index (κ1) is 41.4. The number of nitrogens with zero attached hydrogens (tertiary/aromatic N) is 2. The number of urea groups is 1. The lowest BCUT2D eigenvalue weighted by molar-refractivity contribution is -0.145. The van der Waals surface area contributed by atoms with E-state index in [9.17, 15) is 32.4 Å². The third kappa shape index (κ3) is 10.1. The number of primary amides is 1. The Balaban J connectivity index is 1.98. The highest BCUT2D eigenvalue weighted by molar-refractivity contribution is 7.88. The number of likely N-dealkylation sites (N-methyl/N-ethyl adjacent to an activating group) is 1. The van der Waals surface area contributed by atoms with E-state index in [-0.39, 0.29) is 24.9 Å². The second kappa shape index (κ2) is 16.1. The fourth-order valence-electron chi connectivity index (χ4n) is 7.62. The van der Waals surface area contributed by atoms with Crippen LogP contribution in [0.15, 0.2) is 12.7 Å². The molecule has 5 N–H and O–H groups in total. The van der Waals surface area contributed by atoms with Gasteiger partial charge < -0.3 is 26.6 Å².